The van der Waals surface area contributed by atoms with Gasteiger partial charge in [-0.05, 0) is 18.6 Å². The Hall–Kier alpha value is -1.51. The summed E-state index contributed by atoms with van der Waals surface area (Å²) in [6, 6.07) is 1.82. The highest BCUT2D eigenvalue weighted by Gasteiger charge is 1.99. The van der Waals surface area contributed by atoms with E-state index in [1.165, 1.54) is 0 Å². The van der Waals surface area contributed by atoms with Gasteiger partial charge in [-0.25, -0.2) is 4.98 Å². The Balaban J connectivity index is 2.78. The topological polar surface area (TPSA) is 48.1 Å². The monoisotopic (exact) mass is 164 g/mol. The van der Waals surface area contributed by atoms with Crippen LogP contribution in [0, 0.1) is 6.92 Å². The summed E-state index contributed by atoms with van der Waals surface area (Å²) in [7, 11) is 0. The van der Waals surface area contributed by atoms with Crippen LogP contribution in [0.4, 0.5) is 5.69 Å². The molecule has 1 rings (SSSR count). The van der Waals surface area contributed by atoms with Gasteiger partial charge < -0.3 is 10.5 Å². The Morgan fingerprint density at radius 3 is 3.08 bits per heavy atom. The summed E-state index contributed by atoms with van der Waals surface area (Å²) in [6.07, 6.45) is 3.37. The number of nitrogens with two attached hydrogens (primary N) is 1. The average molecular weight is 164 g/mol. The number of pyridine rings is 1. The fraction of sp³-hybridized carbons (Fsp3) is 0.222. The van der Waals surface area contributed by atoms with Gasteiger partial charge in [-0.3, -0.25) is 0 Å². The van der Waals surface area contributed by atoms with Crippen LogP contribution in [0.1, 0.15) is 5.56 Å². The normalized spacial score (nSPS) is 9.42. The van der Waals surface area contributed by atoms with Crippen LogP contribution in [0.15, 0.2) is 24.9 Å². The molecule has 0 amide bonds. The number of nitrogens with zero attached hydrogens (tertiary/aromatic N) is 1. The molecule has 1 heterocycles. The molecule has 1 aromatic rings. The largest absolute Gasteiger partial charge is 0.472 e. The van der Waals surface area contributed by atoms with Gasteiger partial charge in [0.25, 0.3) is 0 Å². The van der Waals surface area contributed by atoms with Crippen molar-refractivity contribution in [2.24, 2.45) is 0 Å². The third-order valence-electron chi connectivity index (χ3n) is 1.35. The van der Waals surface area contributed by atoms with Crippen molar-refractivity contribution < 1.29 is 4.74 Å². The van der Waals surface area contributed by atoms with Crippen molar-refractivity contribution in [1.29, 1.82) is 0 Å². The lowest BCUT2D eigenvalue weighted by molar-refractivity contribution is 0.351. The van der Waals surface area contributed by atoms with Crippen molar-refractivity contribution in [3.8, 4) is 5.88 Å². The molecule has 0 spiro atoms. The standard InChI is InChI=1S/C9H12N2O/c1-3-4-12-9-8(10)5-7(2)6-11-9/h3,5-6H,1,4,10H2,2H3. The molecule has 0 bridgehead atoms. The van der Waals surface area contributed by atoms with E-state index in [9.17, 15) is 0 Å². The van der Waals surface area contributed by atoms with E-state index in [4.69, 9.17) is 10.5 Å². The molecule has 3 heteroatoms. The Morgan fingerprint density at radius 1 is 1.75 bits per heavy atom. The van der Waals surface area contributed by atoms with E-state index in [-0.39, 0.29) is 0 Å². The summed E-state index contributed by atoms with van der Waals surface area (Å²) in [6.45, 7) is 5.89. The zero-order valence-corrected chi connectivity index (χ0v) is 7.08. The van der Waals surface area contributed by atoms with Crippen LogP contribution >= 0.6 is 0 Å². The van der Waals surface area contributed by atoms with Crippen molar-refractivity contribution in [3.63, 3.8) is 0 Å². The molecule has 0 aliphatic carbocycles. The average Bonchev–Trinajstić information content (AvgIpc) is 2.03. The second kappa shape index (κ2) is 3.76. The van der Waals surface area contributed by atoms with E-state index in [1.54, 1.807) is 12.3 Å². The summed E-state index contributed by atoms with van der Waals surface area (Å²) >= 11 is 0. The number of anilines is 1. The number of aromatic nitrogens is 1. The SMILES string of the molecule is C=CCOc1ncc(C)cc1N. The van der Waals surface area contributed by atoms with Gasteiger partial charge in [0.2, 0.25) is 5.88 Å². The van der Waals surface area contributed by atoms with E-state index in [0.29, 0.717) is 18.2 Å². The van der Waals surface area contributed by atoms with E-state index in [2.05, 4.69) is 11.6 Å². The molecule has 0 aromatic carbocycles. The van der Waals surface area contributed by atoms with E-state index in [1.807, 2.05) is 13.0 Å². The Kier molecular flexibility index (Phi) is 2.69. The van der Waals surface area contributed by atoms with Crippen LogP contribution in [-0.4, -0.2) is 11.6 Å². The van der Waals surface area contributed by atoms with Crippen molar-refractivity contribution in [3.05, 3.63) is 30.5 Å². The number of aryl methyl sites for hydroxylation is 1. The maximum atomic E-state index is 5.64. The third kappa shape index (κ3) is 1.99. The van der Waals surface area contributed by atoms with Crippen LogP contribution in [0.2, 0.25) is 0 Å². The highest BCUT2D eigenvalue weighted by Crippen LogP contribution is 2.17. The van der Waals surface area contributed by atoms with Crippen LogP contribution < -0.4 is 10.5 Å². The van der Waals surface area contributed by atoms with Gasteiger partial charge in [0.05, 0.1) is 5.69 Å². The highest BCUT2D eigenvalue weighted by molar-refractivity contribution is 5.49. The molecule has 0 radical (unpaired) electrons. The minimum absolute atomic E-state index is 0.431. The molecule has 12 heavy (non-hydrogen) atoms. The third-order valence-corrected chi connectivity index (χ3v) is 1.35. The molecule has 0 atom stereocenters. The first-order valence-electron chi connectivity index (χ1n) is 3.70. The predicted octanol–water partition coefficient (Wildman–Crippen LogP) is 1.54. The second-order valence-electron chi connectivity index (χ2n) is 2.51. The summed E-state index contributed by atoms with van der Waals surface area (Å²) in [5.41, 5.74) is 7.23. The fourth-order valence-corrected chi connectivity index (χ4v) is 0.838. The fourth-order valence-electron chi connectivity index (χ4n) is 0.838. The number of hydrogen-bond acceptors (Lipinski definition) is 3. The second-order valence-corrected chi connectivity index (χ2v) is 2.51. The van der Waals surface area contributed by atoms with Crippen LogP contribution in [-0.2, 0) is 0 Å². The number of rotatable bonds is 3. The first kappa shape index (κ1) is 8.59. The maximum absolute atomic E-state index is 5.64. The first-order chi connectivity index (χ1) is 5.74. The molecule has 2 N–H and O–H groups in total. The van der Waals surface area contributed by atoms with Crippen LogP contribution in [0.25, 0.3) is 0 Å². The minimum Gasteiger partial charge on any atom is -0.472 e. The van der Waals surface area contributed by atoms with Crippen molar-refractivity contribution in [2.75, 3.05) is 12.3 Å². The molecule has 3 nitrogen and oxygen atoms in total. The Labute approximate surface area is 71.9 Å². The molecule has 0 saturated heterocycles. The number of hydrogen-bond donors (Lipinski definition) is 1. The molecule has 0 saturated carbocycles. The number of nitrogen functional groups attached to an aromatic ring is 1. The van der Waals surface area contributed by atoms with Crippen molar-refractivity contribution >= 4 is 5.69 Å². The van der Waals surface area contributed by atoms with Crippen molar-refractivity contribution in [1.82, 2.24) is 4.98 Å². The Bertz CT molecular complexity index is 284. The van der Waals surface area contributed by atoms with Crippen LogP contribution in [0.5, 0.6) is 5.88 Å². The van der Waals surface area contributed by atoms with E-state index < -0.39 is 0 Å². The molecule has 1 aromatic heterocycles. The van der Waals surface area contributed by atoms with Gasteiger partial charge in [0.15, 0.2) is 0 Å². The lowest BCUT2D eigenvalue weighted by Crippen LogP contribution is -2.00. The smallest absolute Gasteiger partial charge is 0.237 e. The molecule has 0 aliphatic rings. The minimum atomic E-state index is 0.431. The van der Waals surface area contributed by atoms with Gasteiger partial charge in [-0.2, -0.15) is 0 Å². The Morgan fingerprint density at radius 2 is 2.50 bits per heavy atom. The first-order valence-corrected chi connectivity index (χ1v) is 3.70. The molecule has 64 valence electrons. The van der Waals surface area contributed by atoms with Gasteiger partial charge in [-0.15, -0.1) is 0 Å². The van der Waals surface area contributed by atoms with E-state index in [0.717, 1.165) is 5.56 Å². The maximum Gasteiger partial charge on any atom is 0.237 e. The predicted molar refractivity (Wildman–Crippen MR) is 49.1 cm³/mol. The zero-order valence-electron chi connectivity index (χ0n) is 7.08. The molecule has 0 fully saturated rings. The van der Waals surface area contributed by atoms with Gasteiger partial charge in [0, 0.05) is 6.20 Å². The molecular weight excluding hydrogens is 152 g/mol. The lowest BCUT2D eigenvalue weighted by Gasteiger charge is -2.04. The quantitative estimate of drug-likeness (QED) is 0.689. The number of ether oxygens (including phenoxy) is 1. The molecule has 0 unspecified atom stereocenters. The van der Waals surface area contributed by atoms with Gasteiger partial charge >= 0.3 is 0 Å². The van der Waals surface area contributed by atoms with Crippen molar-refractivity contribution in [2.45, 2.75) is 6.92 Å². The molecule has 0 aliphatic heterocycles. The molecular formula is C9H12N2O. The summed E-state index contributed by atoms with van der Waals surface area (Å²) < 4.78 is 5.19. The van der Waals surface area contributed by atoms with Crippen LogP contribution in [0.3, 0.4) is 0 Å². The summed E-state index contributed by atoms with van der Waals surface area (Å²) in [5.74, 6) is 0.473. The lowest BCUT2D eigenvalue weighted by atomic mass is 10.3. The van der Waals surface area contributed by atoms with Gasteiger partial charge in [0.1, 0.15) is 6.61 Å². The zero-order chi connectivity index (χ0) is 8.97. The highest BCUT2D eigenvalue weighted by atomic mass is 16.5. The van der Waals surface area contributed by atoms with E-state index >= 15 is 0 Å². The summed E-state index contributed by atoms with van der Waals surface area (Å²) in [5, 5.41) is 0. The summed E-state index contributed by atoms with van der Waals surface area (Å²) in [4.78, 5) is 4.02. The van der Waals surface area contributed by atoms with Gasteiger partial charge in [-0.1, -0.05) is 12.7 Å².